The molecule has 10 heavy (non-hydrogen) atoms. The molecule has 0 aliphatic heterocycles. The Bertz CT molecular complexity index is 153. The fraction of sp³-hybridized carbons (Fsp3) is 0.875. The second-order valence-electron chi connectivity index (χ2n) is 3.51. The maximum absolute atomic E-state index is 11.0. The van der Waals surface area contributed by atoms with Gasteiger partial charge in [0.25, 0.3) is 0 Å². The van der Waals surface area contributed by atoms with Gasteiger partial charge in [0.15, 0.2) is 0 Å². The van der Waals surface area contributed by atoms with E-state index in [-0.39, 0.29) is 17.3 Å². The lowest BCUT2D eigenvalue weighted by Gasteiger charge is -2.18. The Kier molecular flexibility index (Phi) is 1.82. The van der Waals surface area contributed by atoms with Crippen molar-refractivity contribution in [2.45, 2.75) is 39.2 Å². The normalized spacial score (nSPS) is 40.1. The summed E-state index contributed by atoms with van der Waals surface area (Å²) in [5.41, 5.74) is -0.223. The highest BCUT2D eigenvalue weighted by Crippen LogP contribution is 2.38. The van der Waals surface area contributed by atoms with Gasteiger partial charge in [-0.2, -0.15) is 0 Å². The molecule has 58 valence electrons. The fourth-order valence-corrected chi connectivity index (χ4v) is 1.53. The van der Waals surface area contributed by atoms with E-state index in [1.807, 2.05) is 6.92 Å². The Morgan fingerprint density at radius 3 is 2.50 bits per heavy atom. The molecule has 1 N–H and O–H groups in total. The predicted octanol–water partition coefficient (Wildman–Crippen LogP) is 1.13. The molecule has 0 heterocycles. The van der Waals surface area contributed by atoms with E-state index in [1.54, 1.807) is 6.92 Å². The number of Topliss-reactive ketones (excluding diaryl/α,β-unsaturated/α-hetero) is 1. The fourth-order valence-electron chi connectivity index (χ4n) is 1.53. The van der Waals surface area contributed by atoms with Crippen LogP contribution in [0, 0.1) is 5.41 Å². The third-order valence-corrected chi connectivity index (χ3v) is 2.57. The average molecular weight is 142 g/mol. The van der Waals surface area contributed by atoms with Crippen LogP contribution in [0.4, 0.5) is 0 Å². The van der Waals surface area contributed by atoms with Crippen LogP contribution in [0.1, 0.15) is 33.1 Å². The smallest absolute Gasteiger partial charge is 0.135 e. The minimum absolute atomic E-state index is 0.212. The average Bonchev–Trinajstić information content (AvgIpc) is 2.13. The zero-order chi connectivity index (χ0) is 7.78. The highest BCUT2D eigenvalue weighted by molar-refractivity contribution is 5.82. The lowest BCUT2D eigenvalue weighted by atomic mass is 9.85. The van der Waals surface area contributed by atoms with Crippen molar-refractivity contribution in [3.63, 3.8) is 0 Å². The van der Waals surface area contributed by atoms with Crippen molar-refractivity contribution in [3.8, 4) is 0 Å². The summed E-state index contributed by atoms with van der Waals surface area (Å²) in [7, 11) is 0. The minimum atomic E-state index is -0.242. The summed E-state index contributed by atoms with van der Waals surface area (Å²) in [6, 6.07) is 0. The molecule has 0 saturated heterocycles. The van der Waals surface area contributed by atoms with E-state index in [2.05, 4.69) is 0 Å². The molecule has 1 aliphatic rings. The van der Waals surface area contributed by atoms with Gasteiger partial charge in [-0.25, -0.2) is 0 Å². The van der Waals surface area contributed by atoms with Crippen LogP contribution in [0.2, 0.25) is 0 Å². The molecule has 0 radical (unpaired) electrons. The van der Waals surface area contributed by atoms with Crippen molar-refractivity contribution in [2.24, 2.45) is 5.41 Å². The van der Waals surface area contributed by atoms with E-state index in [0.29, 0.717) is 6.42 Å². The first-order chi connectivity index (χ1) is 4.54. The molecule has 0 aromatic rings. The van der Waals surface area contributed by atoms with Crippen molar-refractivity contribution in [1.82, 2.24) is 0 Å². The predicted molar refractivity (Wildman–Crippen MR) is 38.6 cm³/mol. The number of hydrogen-bond donors (Lipinski definition) is 1. The summed E-state index contributed by atoms with van der Waals surface area (Å²) >= 11 is 0. The lowest BCUT2D eigenvalue weighted by Crippen LogP contribution is -2.22. The molecular weight excluding hydrogens is 128 g/mol. The van der Waals surface area contributed by atoms with Gasteiger partial charge in [-0.1, -0.05) is 6.92 Å². The first-order valence-corrected chi connectivity index (χ1v) is 3.74. The van der Waals surface area contributed by atoms with Gasteiger partial charge in [0.1, 0.15) is 5.78 Å². The van der Waals surface area contributed by atoms with Gasteiger partial charge in [0, 0.05) is 5.41 Å². The van der Waals surface area contributed by atoms with Crippen LogP contribution in [0.3, 0.4) is 0 Å². The van der Waals surface area contributed by atoms with Crippen molar-refractivity contribution in [1.29, 1.82) is 0 Å². The van der Waals surface area contributed by atoms with E-state index in [4.69, 9.17) is 5.11 Å². The molecule has 0 bridgehead atoms. The van der Waals surface area contributed by atoms with Gasteiger partial charge in [0.05, 0.1) is 6.10 Å². The summed E-state index contributed by atoms with van der Waals surface area (Å²) in [4.78, 5) is 11.0. The van der Waals surface area contributed by atoms with Crippen LogP contribution in [0.25, 0.3) is 0 Å². The molecule has 2 unspecified atom stereocenters. The molecule has 1 aliphatic carbocycles. The lowest BCUT2D eigenvalue weighted by molar-refractivity contribution is -0.125. The molecule has 1 saturated carbocycles. The number of hydrogen-bond acceptors (Lipinski definition) is 2. The Morgan fingerprint density at radius 1 is 1.70 bits per heavy atom. The first kappa shape index (κ1) is 7.73. The van der Waals surface area contributed by atoms with E-state index in [1.165, 1.54) is 0 Å². The van der Waals surface area contributed by atoms with Crippen molar-refractivity contribution in [2.75, 3.05) is 0 Å². The van der Waals surface area contributed by atoms with E-state index >= 15 is 0 Å². The van der Waals surface area contributed by atoms with Gasteiger partial charge in [-0.15, -0.1) is 0 Å². The second kappa shape index (κ2) is 2.35. The highest BCUT2D eigenvalue weighted by atomic mass is 16.3. The maximum atomic E-state index is 11.0. The van der Waals surface area contributed by atoms with Gasteiger partial charge >= 0.3 is 0 Å². The summed E-state index contributed by atoms with van der Waals surface area (Å²) in [5, 5.41) is 9.16. The van der Waals surface area contributed by atoms with Crippen molar-refractivity contribution >= 4 is 5.78 Å². The Balaban J connectivity index is 2.63. The Hall–Kier alpha value is -0.370. The van der Waals surface area contributed by atoms with Crippen LogP contribution < -0.4 is 0 Å². The van der Waals surface area contributed by atoms with E-state index in [9.17, 15) is 4.79 Å². The number of rotatable bonds is 1. The molecule has 0 aromatic heterocycles. The second-order valence-corrected chi connectivity index (χ2v) is 3.51. The van der Waals surface area contributed by atoms with Crippen LogP contribution in [0.5, 0.6) is 0 Å². The number of aliphatic hydroxyl groups is 1. The SMILES string of the molecule is CC(=O)C1(C)CCC(O)C1. The molecule has 1 fully saturated rings. The van der Waals surface area contributed by atoms with Gasteiger partial charge in [0.2, 0.25) is 0 Å². The number of carbonyl (C=O) groups is 1. The van der Waals surface area contributed by atoms with Gasteiger partial charge in [-0.05, 0) is 26.2 Å². The van der Waals surface area contributed by atoms with E-state index in [0.717, 1.165) is 12.8 Å². The van der Waals surface area contributed by atoms with Crippen LogP contribution in [-0.4, -0.2) is 17.0 Å². The summed E-state index contributed by atoms with van der Waals surface area (Å²) in [6.07, 6.45) is 2.05. The number of aliphatic hydroxyl groups excluding tert-OH is 1. The third kappa shape index (κ3) is 1.21. The standard InChI is InChI=1S/C8H14O2/c1-6(9)8(2)4-3-7(10)5-8/h7,10H,3-5H2,1-2H3. The molecule has 0 spiro atoms. The van der Waals surface area contributed by atoms with Crippen LogP contribution in [0.15, 0.2) is 0 Å². The molecule has 2 nitrogen and oxygen atoms in total. The van der Waals surface area contributed by atoms with Gasteiger partial charge in [-0.3, -0.25) is 4.79 Å². The monoisotopic (exact) mass is 142 g/mol. The molecule has 0 amide bonds. The van der Waals surface area contributed by atoms with Crippen LogP contribution >= 0.6 is 0 Å². The largest absolute Gasteiger partial charge is 0.393 e. The molecule has 1 rings (SSSR count). The molecule has 2 heteroatoms. The Morgan fingerprint density at radius 2 is 2.30 bits per heavy atom. The third-order valence-electron chi connectivity index (χ3n) is 2.57. The minimum Gasteiger partial charge on any atom is -0.393 e. The molecular formula is C8H14O2. The summed E-state index contributed by atoms with van der Waals surface area (Å²) in [6.45, 7) is 3.55. The Labute approximate surface area is 61.2 Å². The summed E-state index contributed by atoms with van der Waals surface area (Å²) < 4.78 is 0. The highest BCUT2D eigenvalue weighted by Gasteiger charge is 2.37. The zero-order valence-corrected chi connectivity index (χ0v) is 6.55. The summed E-state index contributed by atoms with van der Waals surface area (Å²) in [5.74, 6) is 0.212. The van der Waals surface area contributed by atoms with E-state index < -0.39 is 0 Å². The first-order valence-electron chi connectivity index (χ1n) is 3.74. The van der Waals surface area contributed by atoms with Crippen LogP contribution in [-0.2, 0) is 4.79 Å². The van der Waals surface area contributed by atoms with Crippen molar-refractivity contribution < 1.29 is 9.90 Å². The quantitative estimate of drug-likeness (QED) is 0.595. The topological polar surface area (TPSA) is 37.3 Å². The van der Waals surface area contributed by atoms with Gasteiger partial charge < -0.3 is 5.11 Å². The zero-order valence-electron chi connectivity index (χ0n) is 6.55. The van der Waals surface area contributed by atoms with Crippen molar-refractivity contribution in [3.05, 3.63) is 0 Å². The number of ketones is 1. The molecule has 2 atom stereocenters. The molecule has 0 aromatic carbocycles. The number of carbonyl (C=O) groups excluding carboxylic acids is 1. The maximum Gasteiger partial charge on any atom is 0.135 e.